The summed E-state index contributed by atoms with van der Waals surface area (Å²) >= 11 is 0. The van der Waals surface area contributed by atoms with Crippen LogP contribution in [0.15, 0.2) is 18.2 Å². The number of carbonyl (C=O) groups excluding carboxylic acids is 1. The molecule has 2 rings (SSSR count). The molecule has 0 radical (unpaired) electrons. The Kier molecular flexibility index (Phi) is 5.21. The van der Waals surface area contributed by atoms with Crippen molar-refractivity contribution < 1.29 is 14.3 Å². The second-order valence-corrected chi connectivity index (χ2v) is 4.77. The topological polar surface area (TPSA) is 47.6 Å². The van der Waals surface area contributed by atoms with E-state index in [4.69, 9.17) is 9.47 Å². The largest absolute Gasteiger partial charge is 0.484 e. The molecule has 1 N–H and O–H groups in total. The predicted molar refractivity (Wildman–Crippen MR) is 73.5 cm³/mol. The SMILES string of the molecule is COCCCNC(=O)COc1ccc2c(c1)CCC2. The summed E-state index contributed by atoms with van der Waals surface area (Å²) in [7, 11) is 1.65. The minimum atomic E-state index is -0.0865. The lowest BCUT2D eigenvalue weighted by atomic mass is 10.1. The standard InChI is InChI=1S/C15H21NO3/c1-18-9-3-8-16-15(17)11-19-14-7-6-12-4-2-5-13(12)10-14/h6-7,10H,2-5,8-9,11H2,1H3,(H,16,17). The number of rotatable bonds is 7. The first-order chi connectivity index (χ1) is 9.29. The summed E-state index contributed by atoms with van der Waals surface area (Å²) < 4.78 is 10.4. The van der Waals surface area contributed by atoms with Crippen LogP contribution in [0, 0.1) is 0 Å². The van der Waals surface area contributed by atoms with E-state index in [9.17, 15) is 4.79 Å². The lowest BCUT2D eigenvalue weighted by Gasteiger charge is -2.08. The first-order valence-electron chi connectivity index (χ1n) is 6.80. The summed E-state index contributed by atoms with van der Waals surface area (Å²) in [6, 6.07) is 6.11. The minimum absolute atomic E-state index is 0.0752. The number of fused-ring (bicyclic) bond motifs is 1. The van der Waals surface area contributed by atoms with E-state index < -0.39 is 0 Å². The molecule has 1 amide bonds. The van der Waals surface area contributed by atoms with Crippen LogP contribution in [0.4, 0.5) is 0 Å². The zero-order valence-electron chi connectivity index (χ0n) is 11.4. The van der Waals surface area contributed by atoms with Gasteiger partial charge in [-0.1, -0.05) is 6.07 Å². The number of hydrogen-bond acceptors (Lipinski definition) is 3. The average molecular weight is 263 g/mol. The van der Waals surface area contributed by atoms with Crippen molar-refractivity contribution in [3.05, 3.63) is 29.3 Å². The Morgan fingerprint density at radius 1 is 1.32 bits per heavy atom. The van der Waals surface area contributed by atoms with E-state index in [1.54, 1.807) is 7.11 Å². The highest BCUT2D eigenvalue weighted by molar-refractivity contribution is 5.77. The molecule has 19 heavy (non-hydrogen) atoms. The number of amides is 1. The van der Waals surface area contributed by atoms with Crippen molar-refractivity contribution in [1.29, 1.82) is 0 Å². The highest BCUT2D eigenvalue weighted by Crippen LogP contribution is 2.25. The van der Waals surface area contributed by atoms with Gasteiger partial charge >= 0.3 is 0 Å². The van der Waals surface area contributed by atoms with Gasteiger partial charge in [0.05, 0.1) is 0 Å². The van der Waals surface area contributed by atoms with Crippen LogP contribution in [-0.4, -0.2) is 32.8 Å². The molecule has 0 saturated heterocycles. The van der Waals surface area contributed by atoms with E-state index in [-0.39, 0.29) is 12.5 Å². The van der Waals surface area contributed by atoms with E-state index in [1.807, 2.05) is 6.07 Å². The van der Waals surface area contributed by atoms with Crippen LogP contribution in [0.1, 0.15) is 24.0 Å². The molecule has 0 unspecified atom stereocenters. The zero-order valence-corrected chi connectivity index (χ0v) is 11.4. The molecule has 0 spiro atoms. The van der Waals surface area contributed by atoms with Crippen molar-refractivity contribution in [1.82, 2.24) is 5.32 Å². The number of hydrogen-bond donors (Lipinski definition) is 1. The number of aryl methyl sites for hydroxylation is 2. The fraction of sp³-hybridized carbons (Fsp3) is 0.533. The smallest absolute Gasteiger partial charge is 0.257 e. The molecule has 1 aliphatic carbocycles. The Balaban J connectivity index is 1.71. The Morgan fingerprint density at radius 2 is 2.16 bits per heavy atom. The molecule has 4 nitrogen and oxygen atoms in total. The van der Waals surface area contributed by atoms with Gasteiger partial charge in [0, 0.05) is 20.3 Å². The van der Waals surface area contributed by atoms with Crippen LogP contribution in [0.5, 0.6) is 5.75 Å². The van der Waals surface area contributed by atoms with E-state index in [0.717, 1.165) is 25.0 Å². The Labute approximate surface area is 114 Å². The molecular formula is C15H21NO3. The monoisotopic (exact) mass is 263 g/mol. The average Bonchev–Trinajstić information content (AvgIpc) is 2.89. The molecule has 1 aliphatic rings. The lowest BCUT2D eigenvalue weighted by Crippen LogP contribution is -2.30. The third kappa shape index (κ3) is 4.24. The van der Waals surface area contributed by atoms with Gasteiger partial charge in [-0.3, -0.25) is 4.79 Å². The van der Waals surface area contributed by atoms with Crippen molar-refractivity contribution >= 4 is 5.91 Å². The Hall–Kier alpha value is -1.55. The van der Waals surface area contributed by atoms with Crippen LogP contribution >= 0.6 is 0 Å². The first-order valence-corrected chi connectivity index (χ1v) is 6.80. The lowest BCUT2D eigenvalue weighted by molar-refractivity contribution is -0.123. The maximum absolute atomic E-state index is 11.5. The highest BCUT2D eigenvalue weighted by atomic mass is 16.5. The van der Waals surface area contributed by atoms with E-state index >= 15 is 0 Å². The molecule has 104 valence electrons. The molecule has 0 atom stereocenters. The number of nitrogens with one attached hydrogen (secondary N) is 1. The number of ether oxygens (including phenoxy) is 2. The van der Waals surface area contributed by atoms with Gasteiger partial charge in [-0.15, -0.1) is 0 Å². The summed E-state index contributed by atoms with van der Waals surface area (Å²) in [6.45, 7) is 1.36. The number of benzene rings is 1. The normalized spacial score (nSPS) is 13.1. The van der Waals surface area contributed by atoms with E-state index in [1.165, 1.54) is 17.5 Å². The van der Waals surface area contributed by atoms with Crippen molar-refractivity contribution in [2.45, 2.75) is 25.7 Å². The first kappa shape index (κ1) is 13.9. The van der Waals surface area contributed by atoms with Crippen molar-refractivity contribution in [2.24, 2.45) is 0 Å². The Bertz CT molecular complexity index is 431. The molecular weight excluding hydrogens is 242 g/mol. The van der Waals surface area contributed by atoms with Crippen molar-refractivity contribution in [2.75, 3.05) is 26.9 Å². The van der Waals surface area contributed by atoms with Gasteiger partial charge in [0.2, 0.25) is 0 Å². The molecule has 0 fully saturated rings. The summed E-state index contributed by atoms with van der Waals surface area (Å²) in [5.41, 5.74) is 2.77. The summed E-state index contributed by atoms with van der Waals surface area (Å²) in [5.74, 6) is 0.698. The van der Waals surface area contributed by atoms with Gasteiger partial charge in [-0.05, 0) is 48.9 Å². The van der Waals surface area contributed by atoms with Gasteiger partial charge in [0.15, 0.2) is 6.61 Å². The maximum Gasteiger partial charge on any atom is 0.257 e. The third-order valence-electron chi connectivity index (χ3n) is 3.29. The molecule has 0 bridgehead atoms. The number of methoxy groups -OCH3 is 1. The molecule has 0 aliphatic heterocycles. The van der Waals surface area contributed by atoms with E-state index in [2.05, 4.69) is 17.4 Å². The van der Waals surface area contributed by atoms with Gasteiger partial charge < -0.3 is 14.8 Å². The quantitative estimate of drug-likeness (QED) is 0.762. The van der Waals surface area contributed by atoms with Crippen LogP contribution < -0.4 is 10.1 Å². The van der Waals surface area contributed by atoms with Gasteiger partial charge in [-0.2, -0.15) is 0 Å². The van der Waals surface area contributed by atoms with Crippen LogP contribution in [-0.2, 0) is 22.4 Å². The molecule has 4 heteroatoms. The minimum Gasteiger partial charge on any atom is -0.484 e. The van der Waals surface area contributed by atoms with Crippen LogP contribution in [0.3, 0.4) is 0 Å². The van der Waals surface area contributed by atoms with Crippen molar-refractivity contribution in [3.8, 4) is 5.75 Å². The maximum atomic E-state index is 11.5. The Morgan fingerprint density at radius 3 is 3.00 bits per heavy atom. The molecule has 1 aromatic carbocycles. The third-order valence-corrected chi connectivity index (χ3v) is 3.29. The summed E-state index contributed by atoms with van der Waals surface area (Å²) in [4.78, 5) is 11.5. The van der Waals surface area contributed by atoms with Crippen molar-refractivity contribution in [3.63, 3.8) is 0 Å². The van der Waals surface area contributed by atoms with Gasteiger partial charge in [0.25, 0.3) is 5.91 Å². The van der Waals surface area contributed by atoms with E-state index in [0.29, 0.717) is 13.2 Å². The number of carbonyl (C=O) groups is 1. The van der Waals surface area contributed by atoms with Crippen LogP contribution in [0.2, 0.25) is 0 Å². The zero-order chi connectivity index (χ0) is 13.5. The molecule has 0 aromatic heterocycles. The fourth-order valence-electron chi connectivity index (χ4n) is 2.28. The second-order valence-electron chi connectivity index (χ2n) is 4.77. The molecule has 0 saturated carbocycles. The second kappa shape index (κ2) is 7.14. The molecule has 1 aromatic rings. The van der Waals surface area contributed by atoms with Gasteiger partial charge in [0.1, 0.15) is 5.75 Å². The summed E-state index contributed by atoms with van der Waals surface area (Å²) in [6.07, 6.45) is 4.32. The van der Waals surface area contributed by atoms with Gasteiger partial charge in [-0.25, -0.2) is 0 Å². The predicted octanol–water partition coefficient (Wildman–Crippen LogP) is 1.71. The van der Waals surface area contributed by atoms with Crippen LogP contribution in [0.25, 0.3) is 0 Å². The highest BCUT2D eigenvalue weighted by Gasteiger charge is 2.11. The fourth-order valence-corrected chi connectivity index (χ4v) is 2.28. The molecule has 0 heterocycles. The summed E-state index contributed by atoms with van der Waals surface area (Å²) in [5, 5.41) is 2.80.